The molecule has 136 valence electrons. The lowest BCUT2D eigenvalue weighted by atomic mass is 9.49. The van der Waals surface area contributed by atoms with Gasteiger partial charge >= 0.3 is 21.3 Å². The molecule has 4 bridgehead atoms. The van der Waals surface area contributed by atoms with Crippen LogP contribution in [0.15, 0.2) is 0 Å². The maximum atomic E-state index is 13.5. The van der Waals surface area contributed by atoms with E-state index in [9.17, 15) is 31.2 Å². The molecule has 3 atom stereocenters. The van der Waals surface area contributed by atoms with Gasteiger partial charge in [-0.25, -0.2) is 4.39 Å². The molecule has 1 N–H and O–H groups in total. The summed E-state index contributed by atoms with van der Waals surface area (Å²) in [6, 6.07) is 0. The van der Waals surface area contributed by atoms with Gasteiger partial charge in [0.15, 0.2) is 0 Å². The molecule has 0 aromatic heterocycles. The molecular weight excluding hydrogens is 353 g/mol. The molecule has 0 aliphatic heterocycles. The van der Waals surface area contributed by atoms with Crippen LogP contribution in [0.25, 0.3) is 0 Å². The van der Waals surface area contributed by atoms with Crippen molar-refractivity contribution in [3.8, 4) is 0 Å². The zero-order valence-corrected chi connectivity index (χ0v) is 13.4. The van der Waals surface area contributed by atoms with Crippen LogP contribution in [-0.2, 0) is 24.4 Å². The van der Waals surface area contributed by atoms with E-state index >= 15 is 0 Å². The Kier molecular flexibility index (Phi) is 3.99. The smallest absolute Gasteiger partial charge is 0.403 e. The molecule has 4 aliphatic carbocycles. The highest BCUT2D eigenvalue weighted by Crippen LogP contribution is 2.59. The minimum atomic E-state index is -5.95. The van der Waals surface area contributed by atoms with Crippen LogP contribution in [0.3, 0.4) is 0 Å². The van der Waals surface area contributed by atoms with Gasteiger partial charge in [0.2, 0.25) is 6.17 Å². The third-order valence-electron chi connectivity index (χ3n) is 5.50. The van der Waals surface area contributed by atoms with Crippen molar-refractivity contribution in [3.63, 3.8) is 0 Å². The topological polar surface area (TPSA) is 97.7 Å². The molecule has 4 rings (SSSR count). The van der Waals surface area contributed by atoms with Crippen molar-refractivity contribution < 1.29 is 40.5 Å². The van der Waals surface area contributed by atoms with E-state index in [4.69, 9.17) is 4.55 Å². The average molecular weight is 370 g/mol. The molecule has 10 heteroatoms. The number of rotatable bonds is 5. The van der Waals surface area contributed by atoms with Gasteiger partial charge in [0.1, 0.15) is 12.4 Å². The Morgan fingerprint density at radius 3 is 2.33 bits per heavy atom. The molecule has 6 nitrogen and oxygen atoms in total. The van der Waals surface area contributed by atoms with E-state index in [0.29, 0.717) is 19.3 Å². The number of carbonyl (C=O) groups excluding carboxylic acids is 2. The number of carbonyl (C=O) groups is 2. The standard InChI is InChI=1S/C14H17F3O6S/c15-10(14(16,17)24(20,21)22)6-23-12(19)13-3-7-1-8(4-13)11(18)9(2-7)5-13/h7-10H,1-6H2,(H,20,21,22). The minimum Gasteiger partial charge on any atom is -0.462 e. The number of ether oxygens (including phenoxy) is 1. The van der Waals surface area contributed by atoms with Crippen molar-refractivity contribution in [2.24, 2.45) is 23.2 Å². The largest absolute Gasteiger partial charge is 0.462 e. The van der Waals surface area contributed by atoms with Crippen LogP contribution < -0.4 is 0 Å². The SMILES string of the molecule is O=C1C2CC3CC1CC(C(=O)OCC(F)C(F)(F)S(=O)(=O)O)(C3)C2. The first-order valence-corrected chi connectivity index (χ1v) is 9.10. The second-order valence-corrected chi connectivity index (χ2v) is 8.62. The number of esters is 1. The van der Waals surface area contributed by atoms with E-state index in [1.807, 2.05) is 0 Å². The van der Waals surface area contributed by atoms with Crippen LogP contribution in [-0.4, -0.2) is 42.8 Å². The van der Waals surface area contributed by atoms with Gasteiger partial charge in [0.05, 0.1) is 5.41 Å². The third kappa shape index (κ3) is 2.63. The van der Waals surface area contributed by atoms with Crippen molar-refractivity contribution in [2.45, 2.75) is 43.5 Å². The second kappa shape index (κ2) is 5.42. The predicted molar refractivity (Wildman–Crippen MR) is 73.3 cm³/mol. The summed E-state index contributed by atoms with van der Waals surface area (Å²) >= 11 is 0. The molecular formula is C14H17F3O6S. The van der Waals surface area contributed by atoms with Crippen molar-refractivity contribution in [1.29, 1.82) is 0 Å². The van der Waals surface area contributed by atoms with Gasteiger partial charge in [-0.3, -0.25) is 14.1 Å². The monoisotopic (exact) mass is 370 g/mol. The van der Waals surface area contributed by atoms with E-state index in [1.54, 1.807) is 0 Å². The zero-order valence-electron chi connectivity index (χ0n) is 12.6. The fourth-order valence-electron chi connectivity index (χ4n) is 4.56. The normalized spacial score (nSPS) is 36.7. The summed E-state index contributed by atoms with van der Waals surface area (Å²) in [5.74, 6) is -1.06. The molecule has 0 spiro atoms. The van der Waals surface area contributed by atoms with Gasteiger partial charge < -0.3 is 4.74 Å². The first kappa shape index (κ1) is 17.7. The molecule has 0 saturated heterocycles. The quantitative estimate of drug-likeness (QED) is 0.585. The van der Waals surface area contributed by atoms with Crippen molar-refractivity contribution in [2.75, 3.05) is 6.61 Å². The van der Waals surface area contributed by atoms with Crippen LogP contribution in [0.1, 0.15) is 32.1 Å². The number of hydrogen-bond donors (Lipinski definition) is 1. The molecule has 4 fully saturated rings. The molecule has 0 heterocycles. The fourth-order valence-corrected chi connectivity index (χ4v) is 4.95. The highest BCUT2D eigenvalue weighted by atomic mass is 32.2. The van der Waals surface area contributed by atoms with E-state index < -0.39 is 39.5 Å². The molecule has 24 heavy (non-hydrogen) atoms. The van der Waals surface area contributed by atoms with Gasteiger partial charge in [-0.15, -0.1) is 0 Å². The van der Waals surface area contributed by atoms with E-state index in [0.717, 1.165) is 0 Å². The van der Waals surface area contributed by atoms with E-state index in [2.05, 4.69) is 4.74 Å². The van der Waals surface area contributed by atoms with E-state index in [-0.39, 0.29) is 36.4 Å². The summed E-state index contributed by atoms with van der Waals surface area (Å²) < 4.78 is 73.7. The number of hydrogen-bond acceptors (Lipinski definition) is 5. The highest BCUT2D eigenvalue weighted by molar-refractivity contribution is 7.86. The number of halogens is 3. The molecule has 0 radical (unpaired) electrons. The lowest BCUT2D eigenvalue weighted by Gasteiger charge is -2.53. The van der Waals surface area contributed by atoms with Crippen molar-refractivity contribution in [3.05, 3.63) is 0 Å². The second-order valence-electron chi connectivity index (χ2n) is 7.13. The van der Waals surface area contributed by atoms with Gasteiger partial charge in [-0.05, 0) is 38.0 Å². The van der Waals surface area contributed by atoms with Gasteiger partial charge in [-0.1, -0.05) is 0 Å². The number of ketones is 1. The maximum Gasteiger partial charge on any atom is 0.403 e. The van der Waals surface area contributed by atoms with Gasteiger partial charge in [-0.2, -0.15) is 17.2 Å². The van der Waals surface area contributed by atoms with Crippen molar-refractivity contribution >= 4 is 21.9 Å². The number of alkyl halides is 3. The third-order valence-corrected chi connectivity index (χ3v) is 6.44. The predicted octanol–water partition coefficient (Wildman–Crippen LogP) is 1.74. The summed E-state index contributed by atoms with van der Waals surface area (Å²) in [7, 11) is -5.95. The summed E-state index contributed by atoms with van der Waals surface area (Å²) in [6.07, 6.45) is -0.954. The van der Waals surface area contributed by atoms with Gasteiger partial charge in [0, 0.05) is 11.8 Å². The zero-order chi connectivity index (χ0) is 17.9. The summed E-state index contributed by atoms with van der Waals surface area (Å²) in [6.45, 7) is -1.47. The van der Waals surface area contributed by atoms with Gasteiger partial charge in [0.25, 0.3) is 0 Å². The summed E-state index contributed by atoms with van der Waals surface area (Å²) in [5.41, 5.74) is -0.975. The summed E-state index contributed by atoms with van der Waals surface area (Å²) in [5, 5.41) is -5.05. The Hall–Kier alpha value is -1.16. The first-order chi connectivity index (χ1) is 11.0. The highest BCUT2D eigenvalue weighted by Gasteiger charge is 2.59. The number of Topliss-reactive ketones (excluding diaryl/α,β-unsaturated/α-hetero) is 1. The summed E-state index contributed by atoms with van der Waals surface area (Å²) in [4.78, 5) is 24.4. The van der Waals surface area contributed by atoms with Crippen molar-refractivity contribution in [1.82, 2.24) is 0 Å². The van der Waals surface area contributed by atoms with Crippen LogP contribution in [0, 0.1) is 23.2 Å². The minimum absolute atomic E-state index is 0.121. The lowest BCUT2D eigenvalue weighted by Crippen LogP contribution is -2.55. The Morgan fingerprint density at radius 1 is 1.29 bits per heavy atom. The molecule has 0 aromatic carbocycles. The molecule has 4 aliphatic rings. The van der Waals surface area contributed by atoms with Crippen LogP contribution >= 0.6 is 0 Å². The van der Waals surface area contributed by atoms with E-state index in [1.165, 1.54) is 0 Å². The average Bonchev–Trinajstić information content (AvgIpc) is 2.47. The first-order valence-electron chi connectivity index (χ1n) is 7.66. The maximum absolute atomic E-state index is 13.5. The molecule has 3 unspecified atom stereocenters. The molecule has 4 saturated carbocycles. The Morgan fingerprint density at radius 2 is 1.83 bits per heavy atom. The Balaban J connectivity index is 1.67. The molecule has 0 aromatic rings. The fraction of sp³-hybridized carbons (Fsp3) is 0.857. The van der Waals surface area contributed by atoms with Crippen LogP contribution in [0.5, 0.6) is 0 Å². The Bertz CT molecular complexity index is 658. The van der Waals surface area contributed by atoms with Crippen LogP contribution in [0.2, 0.25) is 0 Å². The molecule has 0 amide bonds. The lowest BCUT2D eigenvalue weighted by molar-refractivity contribution is -0.177. The Labute approximate surface area is 136 Å². The van der Waals surface area contributed by atoms with Crippen LogP contribution in [0.4, 0.5) is 13.2 Å².